The van der Waals surface area contributed by atoms with Crippen LogP contribution in [0, 0.1) is 6.92 Å². The van der Waals surface area contributed by atoms with Gasteiger partial charge in [-0.2, -0.15) is 0 Å². The summed E-state index contributed by atoms with van der Waals surface area (Å²) < 4.78 is 30.8. The first-order valence-electron chi connectivity index (χ1n) is 8.74. The largest absolute Gasteiger partial charge is 0.496 e. The van der Waals surface area contributed by atoms with E-state index in [0.29, 0.717) is 18.7 Å². The van der Waals surface area contributed by atoms with Gasteiger partial charge in [0.05, 0.1) is 19.1 Å². The van der Waals surface area contributed by atoms with E-state index in [2.05, 4.69) is 5.32 Å². The van der Waals surface area contributed by atoms with E-state index in [9.17, 15) is 13.2 Å². The van der Waals surface area contributed by atoms with Crippen LogP contribution in [0.3, 0.4) is 0 Å². The van der Waals surface area contributed by atoms with Crippen molar-refractivity contribution in [3.8, 4) is 5.75 Å². The smallest absolute Gasteiger partial charge is 0.232 e. The summed E-state index contributed by atoms with van der Waals surface area (Å²) in [5.74, 6) is 0.596. The number of ether oxygens (including phenoxy) is 1. The fraction of sp³-hybridized carbons (Fsp3) is 0.350. The van der Waals surface area contributed by atoms with Gasteiger partial charge in [0.2, 0.25) is 15.9 Å². The Bertz CT molecular complexity index is 864. The first-order chi connectivity index (χ1) is 12.8. The summed E-state index contributed by atoms with van der Waals surface area (Å²) in [5, 5.41) is 2.85. The van der Waals surface area contributed by atoms with E-state index >= 15 is 0 Å². The second kappa shape index (κ2) is 9.41. The number of rotatable bonds is 9. The van der Waals surface area contributed by atoms with E-state index in [-0.39, 0.29) is 18.9 Å². The zero-order valence-electron chi connectivity index (χ0n) is 15.9. The zero-order chi connectivity index (χ0) is 19.9. The maximum Gasteiger partial charge on any atom is 0.232 e. The van der Waals surface area contributed by atoms with E-state index in [0.717, 1.165) is 16.9 Å². The molecule has 2 aromatic carbocycles. The average molecular weight is 391 g/mol. The lowest BCUT2D eigenvalue weighted by molar-refractivity contribution is -0.121. The Morgan fingerprint density at radius 2 is 1.78 bits per heavy atom. The maximum absolute atomic E-state index is 12.1. The molecule has 0 heterocycles. The number of nitrogens with zero attached hydrogens (tertiary/aromatic N) is 1. The van der Waals surface area contributed by atoms with Crippen LogP contribution in [0.2, 0.25) is 0 Å². The molecule has 0 aromatic heterocycles. The van der Waals surface area contributed by atoms with Crippen molar-refractivity contribution in [1.82, 2.24) is 5.32 Å². The number of hydrogen-bond donors (Lipinski definition) is 1. The summed E-state index contributed by atoms with van der Waals surface area (Å²) in [7, 11) is -1.82. The fourth-order valence-electron chi connectivity index (χ4n) is 2.71. The van der Waals surface area contributed by atoms with Gasteiger partial charge in [-0.05, 0) is 31.5 Å². The molecule has 1 amide bonds. The number of sulfonamides is 1. The molecule has 146 valence electrons. The van der Waals surface area contributed by atoms with Crippen LogP contribution in [0.4, 0.5) is 5.69 Å². The number of aryl methyl sites for hydroxylation is 1. The topological polar surface area (TPSA) is 75.7 Å². The fourth-order valence-corrected chi connectivity index (χ4v) is 3.68. The average Bonchev–Trinajstić information content (AvgIpc) is 2.64. The van der Waals surface area contributed by atoms with Crippen LogP contribution in [-0.2, 0) is 21.4 Å². The molecule has 27 heavy (non-hydrogen) atoms. The van der Waals surface area contributed by atoms with E-state index in [1.807, 2.05) is 43.3 Å². The Balaban J connectivity index is 1.89. The van der Waals surface area contributed by atoms with Gasteiger partial charge in [0.25, 0.3) is 0 Å². The standard InChI is InChI=1S/C20H26N2O4S/c1-16-10-12-18(13-11-16)22(27(3,24)25)14-6-9-20(23)21-15-17-7-4-5-8-19(17)26-2/h4-5,7-8,10-13H,6,9,14-15H2,1-3H3,(H,21,23). The Labute approximate surface area is 161 Å². The lowest BCUT2D eigenvalue weighted by Gasteiger charge is -2.22. The Kier molecular flexibility index (Phi) is 7.24. The Hall–Kier alpha value is -2.54. The van der Waals surface area contributed by atoms with Crippen molar-refractivity contribution in [3.05, 3.63) is 59.7 Å². The number of amides is 1. The van der Waals surface area contributed by atoms with Crippen LogP contribution >= 0.6 is 0 Å². The summed E-state index contributed by atoms with van der Waals surface area (Å²) in [6.45, 7) is 2.57. The number of carbonyl (C=O) groups is 1. The van der Waals surface area contributed by atoms with Gasteiger partial charge in [-0.15, -0.1) is 0 Å². The van der Waals surface area contributed by atoms with Crippen LogP contribution in [0.25, 0.3) is 0 Å². The Morgan fingerprint density at radius 1 is 1.11 bits per heavy atom. The molecule has 1 N–H and O–H groups in total. The minimum Gasteiger partial charge on any atom is -0.496 e. The van der Waals surface area contributed by atoms with Crippen LogP contribution in [0.15, 0.2) is 48.5 Å². The molecular weight excluding hydrogens is 364 g/mol. The third kappa shape index (κ3) is 6.29. The summed E-state index contributed by atoms with van der Waals surface area (Å²) >= 11 is 0. The maximum atomic E-state index is 12.1. The number of para-hydroxylation sites is 1. The third-order valence-electron chi connectivity index (χ3n) is 4.16. The molecule has 0 aliphatic heterocycles. The SMILES string of the molecule is COc1ccccc1CNC(=O)CCCN(c1ccc(C)cc1)S(C)(=O)=O. The van der Waals surface area contributed by atoms with Crippen molar-refractivity contribution in [2.45, 2.75) is 26.3 Å². The number of anilines is 1. The van der Waals surface area contributed by atoms with Crippen LogP contribution in [0.1, 0.15) is 24.0 Å². The first-order valence-corrected chi connectivity index (χ1v) is 10.6. The number of benzene rings is 2. The highest BCUT2D eigenvalue weighted by atomic mass is 32.2. The summed E-state index contributed by atoms with van der Waals surface area (Å²) in [5.41, 5.74) is 2.56. The number of hydrogen-bond acceptors (Lipinski definition) is 4. The highest BCUT2D eigenvalue weighted by Gasteiger charge is 2.17. The Morgan fingerprint density at radius 3 is 2.41 bits per heavy atom. The third-order valence-corrected chi connectivity index (χ3v) is 5.35. The number of carbonyl (C=O) groups excluding carboxylic acids is 1. The van der Waals surface area contributed by atoms with E-state index in [4.69, 9.17) is 4.74 Å². The second-order valence-corrected chi connectivity index (χ2v) is 8.27. The molecule has 0 aliphatic rings. The molecule has 2 aromatic rings. The van der Waals surface area contributed by atoms with E-state index < -0.39 is 10.0 Å². The van der Waals surface area contributed by atoms with Crippen LogP contribution in [-0.4, -0.2) is 34.2 Å². The molecule has 0 spiro atoms. The van der Waals surface area contributed by atoms with Crippen LogP contribution in [0.5, 0.6) is 5.75 Å². The molecule has 0 unspecified atom stereocenters. The van der Waals surface area contributed by atoms with Gasteiger partial charge >= 0.3 is 0 Å². The number of nitrogens with one attached hydrogen (secondary N) is 1. The minimum absolute atomic E-state index is 0.127. The normalized spacial score (nSPS) is 11.1. The second-order valence-electron chi connectivity index (χ2n) is 6.36. The van der Waals surface area contributed by atoms with Crippen molar-refractivity contribution in [2.75, 3.05) is 24.2 Å². The molecule has 6 nitrogen and oxygen atoms in total. The van der Waals surface area contributed by atoms with E-state index in [1.165, 1.54) is 10.6 Å². The van der Waals surface area contributed by atoms with Gasteiger partial charge in [0.15, 0.2) is 0 Å². The minimum atomic E-state index is -3.41. The van der Waals surface area contributed by atoms with Crippen molar-refractivity contribution in [1.29, 1.82) is 0 Å². The highest BCUT2D eigenvalue weighted by molar-refractivity contribution is 7.92. The van der Waals surface area contributed by atoms with Gasteiger partial charge in [0, 0.05) is 25.1 Å². The first kappa shape index (κ1) is 20.8. The molecule has 0 saturated carbocycles. The lowest BCUT2D eigenvalue weighted by atomic mass is 10.2. The quantitative estimate of drug-likeness (QED) is 0.714. The molecule has 0 radical (unpaired) electrons. The molecule has 0 atom stereocenters. The molecule has 0 aliphatic carbocycles. The van der Waals surface area contributed by atoms with E-state index in [1.54, 1.807) is 19.2 Å². The van der Waals surface area contributed by atoms with Gasteiger partial charge in [0.1, 0.15) is 5.75 Å². The molecule has 2 rings (SSSR count). The van der Waals surface area contributed by atoms with Crippen molar-refractivity contribution in [3.63, 3.8) is 0 Å². The van der Waals surface area contributed by atoms with Gasteiger partial charge in [-0.3, -0.25) is 9.10 Å². The summed E-state index contributed by atoms with van der Waals surface area (Å²) in [4.78, 5) is 12.1. The van der Waals surface area contributed by atoms with Gasteiger partial charge < -0.3 is 10.1 Å². The van der Waals surface area contributed by atoms with Crippen molar-refractivity contribution >= 4 is 21.6 Å². The van der Waals surface area contributed by atoms with Crippen molar-refractivity contribution < 1.29 is 17.9 Å². The summed E-state index contributed by atoms with van der Waals surface area (Å²) in [6, 6.07) is 14.8. The predicted octanol–water partition coefficient (Wildman–Crippen LogP) is 2.87. The molecular formula is C20H26N2O4S. The lowest BCUT2D eigenvalue weighted by Crippen LogP contribution is -2.32. The van der Waals surface area contributed by atoms with Crippen LogP contribution < -0.4 is 14.4 Å². The number of methoxy groups -OCH3 is 1. The summed E-state index contributed by atoms with van der Waals surface area (Å²) in [6.07, 6.45) is 1.85. The highest BCUT2D eigenvalue weighted by Crippen LogP contribution is 2.19. The molecule has 7 heteroatoms. The molecule has 0 fully saturated rings. The van der Waals surface area contributed by atoms with Gasteiger partial charge in [-0.25, -0.2) is 8.42 Å². The van der Waals surface area contributed by atoms with Crippen molar-refractivity contribution in [2.24, 2.45) is 0 Å². The zero-order valence-corrected chi connectivity index (χ0v) is 16.8. The molecule has 0 saturated heterocycles. The molecule has 0 bridgehead atoms. The van der Waals surface area contributed by atoms with Gasteiger partial charge in [-0.1, -0.05) is 35.9 Å². The monoisotopic (exact) mass is 390 g/mol. The predicted molar refractivity (Wildman–Crippen MR) is 107 cm³/mol.